The second kappa shape index (κ2) is 9.96. The van der Waals surface area contributed by atoms with Crippen molar-refractivity contribution in [3.05, 3.63) is 77.4 Å². The Morgan fingerprint density at radius 1 is 1.12 bits per heavy atom. The van der Waals surface area contributed by atoms with Gasteiger partial charge in [0.05, 0.1) is 11.6 Å². The number of piperazine rings is 1. The van der Waals surface area contributed by atoms with Crippen LogP contribution in [0.2, 0.25) is 0 Å². The van der Waals surface area contributed by atoms with Gasteiger partial charge in [0.15, 0.2) is 4.90 Å². The summed E-state index contributed by atoms with van der Waals surface area (Å²) in [6.07, 6.45) is 0. The Hall–Kier alpha value is -1.95. The number of hydrogen-bond donors (Lipinski definition) is 1. The number of halogens is 1. The van der Waals surface area contributed by atoms with Crippen molar-refractivity contribution < 1.29 is 22.5 Å². The van der Waals surface area contributed by atoms with Gasteiger partial charge >= 0.3 is 0 Å². The Morgan fingerprint density at radius 2 is 1.79 bits per heavy atom. The fourth-order valence-electron chi connectivity index (χ4n) is 3.98. The number of rotatable bonds is 7. The first-order chi connectivity index (χ1) is 16.1. The summed E-state index contributed by atoms with van der Waals surface area (Å²) in [5, 5.41) is 12.0. The Balaban J connectivity index is 1.61. The highest BCUT2D eigenvalue weighted by molar-refractivity contribution is 7.91. The van der Waals surface area contributed by atoms with Crippen molar-refractivity contribution in [1.82, 2.24) is 4.31 Å². The molecule has 34 heavy (non-hydrogen) atoms. The second-order valence-electron chi connectivity index (χ2n) is 8.71. The van der Waals surface area contributed by atoms with E-state index in [9.17, 15) is 22.5 Å². The lowest BCUT2D eigenvalue weighted by Crippen LogP contribution is -2.57. The molecule has 1 N–H and O–H groups in total. The van der Waals surface area contributed by atoms with Gasteiger partial charge < -0.3 is 14.6 Å². The Morgan fingerprint density at radius 3 is 2.38 bits per heavy atom. The minimum atomic E-state index is -3.65. The molecule has 0 bridgehead atoms. The van der Waals surface area contributed by atoms with Crippen LogP contribution in [0, 0.1) is 5.82 Å². The molecule has 3 aromatic rings. The van der Waals surface area contributed by atoms with Crippen LogP contribution in [0.1, 0.15) is 19.4 Å². The molecule has 10 heteroatoms. The highest BCUT2D eigenvalue weighted by atomic mass is 32.2. The summed E-state index contributed by atoms with van der Waals surface area (Å²) in [6.45, 7) is 4.33. The van der Waals surface area contributed by atoms with Gasteiger partial charge in [-0.15, -0.1) is 11.3 Å². The van der Waals surface area contributed by atoms with Crippen LogP contribution in [0.4, 0.5) is 10.1 Å². The first-order valence-electron chi connectivity index (χ1n) is 10.8. The third-order valence-electron chi connectivity index (χ3n) is 5.86. The van der Waals surface area contributed by atoms with E-state index in [0.29, 0.717) is 18.0 Å². The largest absolute Gasteiger partial charge is 0.611 e. The smallest absolute Gasteiger partial charge is 0.252 e. The van der Waals surface area contributed by atoms with Gasteiger partial charge in [-0.1, -0.05) is 18.2 Å². The monoisotopic (exact) mass is 522 g/mol. The number of nitrogens with zero attached hydrogens (tertiary/aromatic N) is 2. The van der Waals surface area contributed by atoms with Crippen molar-refractivity contribution in [3.63, 3.8) is 0 Å². The Bertz CT molecular complexity index is 1190. The highest BCUT2D eigenvalue weighted by Crippen LogP contribution is 2.30. The van der Waals surface area contributed by atoms with Crippen LogP contribution < -0.4 is 4.90 Å². The van der Waals surface area contributed by atoms with Crippen molar-refractivity contribution >= 4 is 38.2 Å². The molecule has 1 aromatic heterocycles. The number of anilines is 1. The molecule has 0 amide bonds. The van der Waals surface area contributed by atoms with Crippen LogP contribution in [0.25, 0.3) is 0 Å². The topological polar surface area (TPSA) is 83.9 Å². The lowest BCUT2D eigenvalue weighted by Gasteiger charge is -2.41. The lowest BCUT2D eigenvalue weighted by atomic mass is 9.98. The minimum absolute atomic E-state index is 0.181. The van der Waals surface area contributed by atoms with Crippen LogP contribution in [-0.2, 0) is 26.8 Å². The third-order valence-corrected chi connectivity index (χ3v) is 10.6. The van der Waals surface area contributed by atoms with Crippen LogP contribution in [-0.4, -0.2) is 53.8 Å². The van der Waals surface area contributed by atoms with Gasteiger partial charge in [-0.2, -0.15) is 4.31 Å². The Kier molecular flexibility index (Phi) is 7.37. The number of benzene rings is 2. The number of aliphatic hydroxyl groups is 1. The predicted octanol–water partition coefficient (Wildman–Crippen LogP) is 3.80. The van der Waals surface area contributed by atoms with Crippen molar-refractivity contribution in [3.8, 4) is 0 Å². The molecule has 0 radical (unpaired) electrons. The molecule has 0 unspecified atom stereocenters. The molecule has 0 aliphatic carbocycles. The molecule has 2 heterocycles. The summed E-state index contributed by atoms with van der Waals surface area (Å²) < 4.78 is 54.5. The molecular weight excluding hydrogens is 495 g/mol. The van der Waals surface area contributed by atoms with Gasteiger partial charge in [0, 0.05) is 25.3 Å². The van der Waals surface area contributed by atoms with Crippen molar-refractivity contribution in [1.29, 1.82) is 0 Å². The number of thiophene rings is 1. The van der Waals surface area contributed by atoms with Crippen LogP contribution >= 0.6 is 11.3 Å². The average Bonchev–Trinajstić information content (AvgIpc) is 3.35. The molecule has 0 spiro atoms. The first kappa shape index (κ1) is 25.2. The van der Waals surface area contributed by atoms with E-state index in [1.807, 2.05) is 24.3 Å². The normalized spacial score (nSPS) is 18.7. The van der Waals surface area contributed by atoms with E-state index in [-0.39, 0.29) is 22.5 Å². The van der Waals surface area contributed by atoms with E-state index in [2.05, 4.69) is 4.90 Å². The zero-order valence-corrected chi connectivity index (χ0v) is 21.4. The van der Waals surface area contributed by atoms with Crippen LogP contribution in [0.15, 0.2) is 75.1 Å². The molecule has 182 valence electrons. The highest BCUT2D eigenvalue weighted by Gasteiger charge is 2.37. The van der Waals surface area contributed by atoms with Gasteiger partial charge in [0.2, 0.25) is 0 Å². The second-order valence-corrected chi connectivity index (χ2v) is 13.3. The molecule has 6 nitrogen and oxygen atoms in total. The van der Waals surface area contributed by atoms with Gasteiger partial charge in [-0.25, -0.2) is 12.8 Å². The maximum atomic E-state index is 13.3. The molecule has 1 aliphatic rings. The maximum absolute atomic E-state index is 13.3. The zero-order chi connectivity index (χ0) is 24.5. The SMILES string of the molecule is CC(C)(O)c1ccc(N2CCN(S(=O)(=O)c3cccs3)C[C@@H]2C[S@@+]([O-])c2ccc(F)cc2)cc1. The summed E-state index contributed by atoms with van der Waals surface area (Å²) in [7, 11) is -3.65. The summed E-state index contributed by atoms with van der Waals surface area (Å²) in [5.74, 6) is -0.213. The maximum Gasteiger partial charge on any atom is 0.252 e. The van der Waals surface area contributed by atoms with Crippen molar-refractivity contribution in [2.45, 2.75) is 34.6 Å². The number of hydrogen-bond acceptors (Lipinski definition) is 6. The van der Waals surface area contributed by atoms with Gasteiger partial charge in [-0.3, -0.25) is 0 Å². The van der Waals surface area contributed by atoms with Gasteiger partial charge in [0.25, 0.3) is 10.0 Å². The molecule has 2 aromatic carbocycles. The van der Waals surface area contributed by atoms with E-state index in [1.165, 1.54) is 39.9 Å². The molecule has 1 aliphatic heterocycles. The molecule has 1 saturated heterocycles. The molecule has 4 rings (SSSR count). The summed E-state index contributed by atoms with van der Waals surface area (Å²) in [6, 6.07) is 16.0. The average molecular weight is 523 g/mol. The quantitative estimate of drug-likeness (QED) is 0.477. The van der Waals surface area contributed by atoms with E-state index >= 15 is 0 Å². The number of sulfonamides is 1. The molecule has 2 atom stereocenters. The van der Waals surface area contributed by atoms with E-state index in [4.69, 9.17) is 0 Å². The minimum Gasteiger partial charge on any atom is -0.611 e. The van der Waals surface area contributed by atoms with E-state index < -0.39 is 32.6 Å². The molecule has 1 fully saturated rings. The molecular formula is C24H27FN2O4S3. The van der Waals surface area contributed by atoms with Crippen LogP contribution in [0.5, 0.6) is 0 Å². The molecule has 0 saturated carbocycles. The van der Waals surface area contributed by atoms with E-state index in [0.717, 1.165) is 11.3 Å². The fraction of sp³-hybridized carbons (Fsp3) is 0.333. The third kappa shape index (κ3) is 5.48. The van der Waals surface area contributed by atoms with E-state index in [1.54, 1.807) is 31.4 Å². The van der Waals surface area contributed by atoms with Crippen LogP contribution in [0.3, 0.4) is 0 Å². The van der Waals surface area contributed by atoms with Gasteiger partial charge in [-0.05, 0) is 78.4 Å². The summed E-state index contributed by atoms with van der Waals surface area (Å²) in [4.78, 5) is 2.56. The van der Waals surface area contributed by atoms with Crippen molar-refractivity contribution in [2.24, 2.45) is 0 Å². The summed E-state index contributed by atoms with van der Waals surface area (Å²) in [5.41, 5.74) is 0.652. The van der Waals surface area contributed by atoms with Gasteiger partial charge in [0.1, 0.15) is 15.8 Å². The Labute approximate surface area is 206 Å². The predicted molar refractivity (Wildman–Crippen MR) is 134 cm³/mol. The summed E-state index contributed by atoms with van der Waals surface area (Å²) >= 11 is -0.272. The fourth-order valence-corrected chi connectivity index (χ4v) is 7.86. The van der Waals surface area contributed by atoms with Crippen molar-refractivity contribution in [2.75, 3.05) is 30.3 Å². The zero-order valence-electron chi connectivity index (χ0n) is 18.9. The standard InChI is InChI=1S/C24H27FN2O4S3/c1-24(2,28)18-5-9-20(10-6-18)27-14-13-26(34(30,31)23-4-3-15-32-23)16-21(27)17-33(29)22-11-7-19(25)8-12-22/h3-12,15,21,28H,13-14,16-17H2,1-2H3/t21-,33-/m1/s1. The first-order valence-corrected chi connectivity index (χ1v) is 14.5. The lowest BCUT2D eigenvalue weighted by molar-refractivity contribution is 0.0786.